The predicted octanol–water partition coefficient (Wildman–Crippen LogP) is 3.16. The van der Waals surface area contributed by atoms with Gasteiger partial charge in [0.1, 0.15) is 5.82 Å². The minimum Gasteiger partial charge on any atom is -0.328 e. The molecule has 1 amide bonds. The lowest BCUT2D eigenvalue weighted by Gasteiger charge is -2.16. The van der Waals surface area contributed by atoms with Gasteiger partial charge in [-0.15, -0.1) is 24.8 Å². The smallest absolute Gasteiger partial charge is 0.244 e. The summed E-state index contributed by atoms with van der Waals surface area (Å²) in [6, 6.07) is 7.86. The number of hydrogen-bond donors (Lipinski definition) is 2. The molecule has 2 heterocycles. The van der Waals surface area contributed by atoms with Crippen LogP contribution in [0, 0.1) is 0 Å². The summed E-state index contributed by atoms with van der Waals surface area (Å²) < 4.78 is 2.30. The molecular weight excluding hydrogens is 347 g/mol. The number of nitrogens with two attached hydrogens (primary N) is 1. The van der Waals surface area contributed by atoms with Crippen molar-refractivity contribution in [1.29, 1.82) is 0 Å². The number of carbonyl (C=O) groups is 1. The molecule has 1 saturated carbocycles. The second-order valence-electron chi connectivity index (χ2n) is 6.37. The highest BCUT2D eigenvalue weighted by molar-refractivity contribution is 6.00. The predicted molar refractivity (Wildman–Crippen MR) is 99.9 cm³/mol. The van der Waals surface area contributed by atoms with Gasteiger partial charge in [-0.3, -0.25) is 4.79 Å². The van der Waals surface area contributed by atoms with E-state index in [4.69, 9.17) is 5.73 Å². The molecule has 3 N–H and O–H groups in total. The fourth-order valence-electron chi connectivity index (χ4n) is 2.99. The topological polar surface area (TPSA) is 72.9 Å². The van der Waals surface area contributed by atoms with E-state index in [0.717, 1.165) is 42.9 Å². The van der Waals surface area contributed by atoms with E-state index in [-0.39, 0.29) is 30.7 Å². The van der Waals surface area contributed by atoms with Crippen LogP contribution in [0.2, 0.25) is 0 Å². The molecule has 1 fully saturated rings. The Kier molecular flexibility index (Phi) is 5.58. The summed E-state index contributed by atoms with van der Waals surface area (Å²) in [5.74, 6) is 0.934. The number of nitrogens with zero attached hydrogens (tertiary/aromatic N) is 2. The molecule has 1 aromatic heterocycles. The number of amides is 1. The maximum atomic E-state index is 11.9. The van der Waals surface area contributed by atoms with E-state index in [1.54, 1.807) is 0 Å². The molecule has 0 spiro atoms. The lowest BCUT2D eigenvalue weighted by Crippen LogP contribution is -2.37. The van der Waals surface area contributed by atoms with Crippen molar-refractivity contribution in [1.82, 2.24) is 9.55 Å². The van der Waals surface area contributed by atoms with Gasteiger partial charge in [0.15, 0.2) is 0 Å². The second-order valence-corrected chi connectivity index (χ2v) is 6.37. The van der Waals surface area contributed by atoms with Crippen molar-refractivity contribution in [2.24, 2.45) is 5.73 Å². The van der Waals surface area contributed by atoms with Gasteiger partial charge in [-0.1, -0.05) is 0 Å². The van der Waals surface area contributed by atoms with Crippen molar-refractivity contribution in [2.75, 3.05) is 5.32 Å². The summed E-state index contributed by atoms with van der Waals surface area (Å²) in [7, 11) is 0. The van der Waals surface area contributed by atoms with Gasteiger partial charge in [0.2, 0.25) is 5.91 Å². The Bertz CT molecular complexity index is 723. The van der Waals surface area contributed by atoms with Crippen LogP contribution >= 0.6 is 24.8 Å². The molecule has 2 aromatic rings. The number of rotatable bonds is 3. The van der Waals surface area contributed by atoms with Crippen molar-refractivity contribution in [2.45, 2.75) is 44.2 Å². The molecule has 2 aliphatic rings. The van der Waals surface area contributed by atoms with Crippen molar-refractivity contribution >= 4 is 36.4 Å². The van der Waals surface area contributed by atoms with Gasteiger partial charge < -0.3 is 15.6 Å². The first-order chi connectivity index (χ1) is 10.7. The average Bonchev–Trinajstić information content (AvgIpc) is 3.15. The molecular formula is C17H22Cl2N4O. The number of carbonyl (C=O) groups excluding carboxylic acids is 1. The standard InChI is InChI=1S/C17H20N4O.2ClH/c18-17(8-9-17)16(22)20-13-6-4-12(5-7-13)15-19-11-14-3-1-2-10-21(14)15;;/h4-7,11H,1-3,8-10,18H2,(H,20,22);2*1H. The minimum absolute atomic E-state index is 0. The molecule has 24 heavy (non-hydrogen) atoms. The first-order valence-electron chi connectivity index (χ1n) is 7.91. The number of fused-ring (bicyclic) bond motifs is 1. The van der Waals surface area contributed by atoms with Crippen LogP contribution in [0.15, 0.2) is 30.5 Å². The number of benzene rings is 1. The van der Waals surface area contributed by atoms with Gasteiger partial charge in [-0.05, 0) is 56.4 Å². The van der Waals surface area contributed by atoms with Crippen molar-refractivity contribution in [3.8, 4) is 11.4 Å². The fourth-order valence-corrected chi connectivity index (χ4v) is 2.99. The summed E-state index contributed by atoms with van der Waals surface area (Å²) >= 11 is 0. The van der Waals surface area contributed by atoms with Gasteiger partial charge in [0.05, 0.1) is 5.54 Å². The van der Waals surface area contributed by atoms with Gasteiger partial charge in [-0.25, -0.2) is 4.98 Å². The summed E-state index contributed by atoms with van der Waals surface area (Å²) in [4.78, 5) is 16.5. The van der Waals surface area contributed by atoms with E-state index in [0.29, 0.717) is 0 Å². The molecule has 4 rings (SSSR count). The highest BCUT2D eigenvalue weighted by atomic mass is 35.5. The molecule has 5 nitrogen and oxygen atoms in total. The van der Waals surface area contributed by atoms with E-state index in [9.17, 15) is 4.79 Å². The Morgan fingerprint density at radius 2 is 1.88 bits per heavy atom. The fraction of sp³-hybridized carbons (Fsp3) is 0.412. The van der Waals surface area contributed by atoms with Gasteiger partial charge >= 0.3 is 0 Å². The van der Waals surface area contributed by atoms with Crippen LogP contribution in [0.3, 0.4) is 0 Å². The average molecular weight is 369 g/mol. The normalized spacial score (nSPS) is 17.0. The Balaban J connectivity index is 0.00000104. The van der Waals surface area contributed by atoms with Crippen LogP contribution in [-0.4, -0.2) is 21.0 Å². The van der Waals surface area contributed by atoms with E-state index < -0.39 is 5.54 Å². The second kappa shape index (κ2) is 7.13. The van der Waals surface area contributed by atoms with Crippen LogP contribution in [0.1, 0.15) is 31.4 Å². The Hall–Kier alpha value is -1.56. The number of aryl methyl sites for hydroxylation is 1. The lowest BCUT2D eigenvalue weighted by atomic mass is 10.1. The van der Waals surface area contributed by atoms with Crippen LogP contribution < -0.4 is 11.1 Å². The first-order valence-corrected chi connectivity index (χ1v) is 7.91. The zero-order valence-corrected chi connectivity index (χ0v) is 15.0. The summed E-state index contributed by atoms with van der Waals surface area (Å²) in [5.41, 5.74) is 8.45. The third kappa shape index (κ3) is 3.43. The number of nitrogens with one attached hydrogen (secondary N) is 1. The van der Waals surface area contributed by atoms with Crippen molar-refractivity contribution < 1.29 is 4.79 Å². The highest BCUT2D eigenvalue weighted by Crippen LogP contribution is 2.33. The van der Waals surface area contributed by atoms with Crippen molar-refractivity contribution in [3.05, 3.63) is 36.2 Å². The minimum atomic E-state index is -0.638. The number of anilines is 1. The van der Waals surface area contributed by atoms with Crippen LogP contribution in [0.25, 0.3) is 11.4 Å². The molecule has 0 bridgehead atoms. The third-order valence-corrected chi connectivity index (χ3v) is 4.64. The Morgan fingerprint density at radius 1 is 1.17 bits per heavy atom. The van der Waals surface area contributed by atoms with Crippen LogP contribution in [0.4, 0.5) is 5.69 Å². The number of aromatic nitrogens is 2. The number of halogens is 2. The van der Waals surface area contributed by atoms with Crippen LogP contribution in [-0.2, 0) is 17.8 Å². The van der Waals surface area contributed by atoms with E-state index in [1.807, 2.05) is 30.5 Å². The molecule has 0 atom stereocenters. The van der Waals surface area contributed by atoms with E-state index in [1.165, 1.54) is 18.5 Å². The van der Waals surface area contributed by atoms with Crippen molar-refractivity contribution in [3.63, 3.8) is 0 Å². The maximum absolute atomic E-state index is 11.9. The lowest BCUT2D eigenvalue weighted by molar-refractivity contribution is -0.118. The van der Waals surface area contributed by atoms with E-state index in [2.05, 4.69) is 14.9 Å². The number of hydrogen-bond acceptors (Lipinski definition) is 3. The molecule has 130 valence electrons. The quantitative estimate of drug-likeness (QED) is 0.873. The van der Waals surface area contributed by atoms with E-state index >= 15 is 0 Å². The molecule has 1 aliphatic carbocycles. The summed E-state index contributed by atoms with van der Waals surface area (Å²) in [6.07, 6.45) is 7.10. The highest BCUT2D eigenvalue weighted by Gasteiger charge is 2.45. The SMILES string of the molecule is Cl.Cl.NC1(C(=O)Nc2ccc(-c3ncc4n3CCCC4)cc2)CC1. The molecule has 1 aromatic carbocycles. The van der Waals surface area contributed by atoms with Crippen LogP contribution in [0.5, 0.6) is 0 Å². The molecule has 0 unspecified atom stereocenters. The molecule has 0 saturated heterocycles. The third-order valence-electron chi connectivity index (χ3n) is 4.64. The summed E-state index contributed by atoms with van der Waals surface area (Å²) in [6.45, 7) is 1.04. The van der Waals surface area contributed by atoms with Gasteiger partial charge in [-0.2, -0.15) is 0 Å². The molecule has 0 radical (unpaired) electrons. The Labute approximate surface area is 153 Å². The zero-order chi connectivity index (χ0) is 15.2. The van der Waals surface area contributed by atoms with Gasteiger partial charge in [0.25, 0.3) is 0 Å². The first kappa shape index (κ1) is 18.8. The van der Waals surface area contributed by atoms with Gasteiger partial charge in [0, 0.05) is 29.7 Å². The number of imidazole rings is 1. The summed E-state index contributed by atoms with van der Waals surface area (Å²) in [5, 5.41) is 2.89. The monoisotopic (exact) mass is 368 g/mol. The zero-order valence-electron chi connectivity index (χ0n) is 13.3. The Morgan fingerprint density at radius 3 is 2.54 bits per heavy atom. The molecule has 7 heteroatoms. The largest absolute Gasteiger partial charge is 0.328 e. The maximum Gasteiger partial charge on any atom is 0.244 e. The molecule has 1 aliphatic heterocycles.